The molecule has 1 atom stereocenters. The van der Waals surface area contributed by atoms with Gasteiger partial charge in [0.2, 0.25) is 6.54 Å². The summed E-state index contributed by atoms with van der Waals surface area (Å²) in [6.07, 6.45) is 2.62. The van der Waals surface area contributed by atoms with E-state index < -0.39 is 5.79 Å². The van der Waals surface area contributed by atoms with Crippen molar-refractivity contribution in [2.24, 2.45) is 5.41 Å². The number of ether oxygens (including phenoxy) is 4. The Balaban J connectivity index is 2.20. The van der Waals surface area contributed by atoms with Gasteiger partial charge in [0.25, 0.3) is 0 Å². The largest absolute Gasteiger partial charge is 0.497 e. The first-order valence-electron chi connectivity index (χ1n) is 8.99. The fourth-order valence-corrected chi connectivity index (χ4v) is 3.14. The maximum Gasteiger partial charge on any atom is 0.210 e. The molecule has 0 radical (unpaired) electrons. The van der Waals surface area contributed by atoms with E-state index in [0.717, 1.165) is 5.56 Å². The van der Waals surface area contributed by atoms with Gasteiger partial charge in [-0.15, -0.1) is 0 Å². The van der Waals surface area contributed by atoms with Crippen LogP contribution in [0.15, 0.2) is 30.9 Å². The molecule has 1 saturated heterocycles. The minimum Gasteiger partial charge on any atom is -0.497 e. The highest BCUT2D eigenvalue weighted by molar-refractivity contribution is 5.42. The van der Waals surface area contributed by atoms with E-state index in [1.165, 1.54) is 0 Å². The van der Waals surface area contributed by atoms with E-state index >= 15 is 0 Å². The lowest BCUT2D eigenvalue weighted by atomic mass is 9.89. The van der Waals surface area contributed by atoms with Gasteiger partial charge in [0.1, 0.15) is 11.5 Å². The van der Waals surface area contributed by atoms with Crippen LogP contribution in [0.1, 0.15) is 38.2 Å². The maximum absolute atomic E-state index is 11.2. The van der Waals surface area contributed by atoms with E-state index in [2.05, 4.69) is 20.4 Å². The molecule has 1 heterocycles. The summed E-state index contributed by atoms with van der Waals surface area (Å²) in [6.45, 7) is 8.87. The zero-order valence-corrected chi connectivity index (χ0v) is 16.5. The van der Waals surface area contributed by atoms with Crippen LogP contribution in [0.3, 0.4) is 0 Å². The SMILES string of the molecule is C=CC1(CCC(C[N+](=O)[O-])c2ccc(OC)cc2OC)OCC(C)(C)CO1. The second-order valence-electron chi connectivity index (χ2n) is 7.62. The zero-order chi connectivity index (χ0) is 20.1. The quantitative estimate of drug-likeness (QED) is 0.369. The monoisotopic (exact) mass is 379 g/mol. The molecule has 1 unspecified atom stereocenters. The summed E-state index contributed by atoms with van der Waals surface area (Å²) in [4.78, 5) is 10.9. The molecule has 0 aromatic heterocycles. The molecule has 0 N–H and O–H groups in total. The molecule has 0 saturated carbocycles. The first-order valence-corrected chi connectivity index (χ1v) is 8.99. The minimum atomic E-state index is -0.913. The summed E-state index contributed by atoms with van der Waals surface area (Å²) in [5.41, 5.74) is 0.705. The average molecular weight is 379 g/mol. The van der Waals surface area contributed by atoms with Crippen LogP contribution >= 0.6 is 0 Å². The number of nitrogens with zero attached hydrogens (tertiary/aromatic N) is 1. The molecule has 1 fully saturated rings. The van der Waals surface area contributed by atoms with Crippen molar-refractivity contribution in [3.05, 3.63) is 46.5 Å². The van der Waals surface area contributed by atoms with Crippen LogP contribution in [0.25, 0.3) is 0 Å². The Hall–Kier alpha value is -2.12. The van der Waals surface area contributed by atoms with Crippen molar-refractivity contribution in [2.75, 3.05) is 34.0 Å². The minimum absolute atomic E-state index is 0.0635. The van der Waals surface area contributed by atoms with E-state index in [0.29, 0.717) is 37.6 Å². The summed E-state index contributed by atoms with van der Waals surface area (Å²) in [7, 11) is 3.11. The predicted molar refractivity (Wildman–Crippen MR) is 102 cm³/mol. The second kappa shape index (κ2) is 8.71. The molecule has 27 heavy (non-hydrogen) atoms. The molecular weight excluding hydrogens is 350 g/mol. The normalized spacial score (nSPS) is 19.1. The molecule has 150 valence electrons. The Morgan fingerprint density at radius 3 is 2.48 bits per heavy atom. The van der Waals surface area contributed by atoms with Gasteiger partial charge in [-0.25, -0.2) is 0 Å². The fraction of sp³-hybridized carbons (Fsp3) is 0.600. The van der Waals surface area contributed by atoms with Crippen LogP contribution < -0.4 is 9.47 Å². The van der Waals surface area contributed by atoms with Crippen molar-refractivity contribution in [3.8, 4) is 11.5 Å². The summed E-state index contributed by atoms with van der Waals surface area (Å²) in [6, 6.07) is 5.34. The highest BCUT2D eigenvalue weighted by Gasteiger charge is 2.39. The number of hydrogen-bond donors (Lipinski definition) is 0. The van der Waals surface area contributed by atoms with Gasteiger partial charge in [0, 0.05) is 28.4 Å². The Morgan fingerprint density at radius 2 is 1.96 bits per heavy atom. The Kier molecular flexibility index (Phi) is 6.84. The third kappa shape index (κ3) is 5.43. The van der Waals surface area contributed by atoms with Crippen LogP contribution in [0.4, 0.5) is 0 Å². The van der Waals surface area contributed by atoms with E-state index in [-0.39, 0.29) is 22.8 Å². The highest BCUT2D eigenvalue weighted by Crippen LogP contribution is 2.38. The van der Waals surface area contributed by atoms with E-state index in [9.17, 15) is 10.1 Å². The van der Waals surface area contributed by atoms with Crippen molar-refractivity contribution in [1.29, 1.82) is 0 Å². The molecule has 0 bridgehead atoms. The fourth-order valence-electron chi connectivity index (χ4n) is 3.14. The van der Waals surface area contributed by atoms with Crippen LogP contribution in [-0.2, 0) is 9.47 Å². The standard InChI is InChI=1S/C20H29NO6/c1-6-20(26-13-19(2,3)14-27-20)10-9-15(12-21(22)23)17-8-7-16(24-4)11-18(17)25-5/h6-8,11,15H,1,9-10,12-14H2,2-5H3. The Bertz CT molecular complexity index is 662. The molecule has 7 heteroatoms. The van der Waals surface area contributed by atoms with Gasteiger partial charge in [0.05, 0.1) is 33.4 Å². The zero-order valence-electron chi connectivity index (χ0n) is 16.5. The van der Waals surface area contributed by atoms with Gasteiger partial charge in [-0.1, -0.05) is 26.5 Å². The van der Waals surface area contributed by atoms with E-state index in [4.69, 9.17) is 18.9 Å². The van der Waals surface area contributed by atoms with Crippen molar-refractivity contribution in [1.82, 2.24) is 0 Å². The van der Waals surface area contributed by atoms with E-state index in [1.54, 1.807) is 32.4 Å². The van der Waals surface area contributed by atoms with Crippen molar-refractivity contribution in [3.63, 3.8) is 0 Å². The first-order chi connectivity index (χ1) is 12.7. The summed E-state index contributed by atoms with van der Waals surface area (Å²) >= 11 is 0. The molecule has 2 rings (SSSR count). The Morgan fingerprint density at radius 1 is 1.30 bits per heavy atom. The third-order valence-corrected chi connectivity index (χ3v) is 4.82. The summed E-state index contributed by atoms with van der Waals surface area (Å²) in [5, 5.41) is 11.2. The lowest BCUT2D eigenvalue weighted by Gasteiger charge is -2.42. The topological polar surface area (TPSA) is 80.1 Å². The summed E-state index contributed by atoms with van der Waals surface area (Å²) in [5.74, 6) is -0.0520. The smallest absolute Gasteiger partial charge is 0.210 e. The maximum atomic E-state index is 11.2. The van der Waals surface area contributed by atoms with Gasteiger partial charge >= 0.3 is 0 Å². The van der Waals surface area contributed by atoms with Gasteiger partial charge < -0.3 is 18.9 Å². The van der Waals surface area contributed by atoms with Crippen LogP contribution in [0.2, 0.25) is 0 Å². The number of rotatable bonds is 9. The van der Waals surface area contributed by atoms with Crippen molar-refractivity contribution in [2.45, 2.75) is 38.4 Å². The van der Waals surface area contributed by atoms with Gasteiger partial charge in [-0.2, -0.15) is 0 Å². The number of benzene rings is 1. The number of hydrogen-bond acceptors (Lipinski definition) is 6. The molecule has 7 nitrogen and oxygen atoms in total. The lowest BCUT2D eigenvalue weighted by Crippen LogP contribution is -2.46. The second-order valence-corrected chi connectivity index (χ2v) is 7.62. The lowest BCUT2D eigenvalue weighted by molar-refractivity contribution is -0.483. The molecule has 1 aliphatic heterocycles. The number of nitro groups is 1. The third-order valence-electron chi connectivity index (χ3n) is 4.82. The van der Waals surface area contributed by atoms with Crippen LogP contribution in [0, 0.1) is 15.5 Å². The van der Waals surface area contributed by atoms with Crippen molar-refractivity contribution < 1.29 is 23.9 Å². The van der Waals surface area contributed by atoms with E-state index in [1.807, 2.05) is 6.07 Å². The summed E-state index contributed by atoms with van der Waals surface area (Å²) < 4.78 is 22.6. The molecule has 1 aromatic carbocycles. The average Bonchev–Trinajstić information content (AvgIpc) is 2.65. The highest BCUT2D eigenvalue weighted by atomic mass is 16.7. The van der Waals surface area contributed by atoms with Gasteiger partial charge in [0.15, 0.2) is 5.79 Å². The Labute approximate surface area is 160 Å². The predicted octanol–water partition coefficient (Wildman–Crippen LogP) is 3.80. The molecule has 0 spiro atoms. The molecule has 1 aromatic rings. The van der Waals surface area contributed by atoms with Crippen molar-refractivity contribution >= 4 is 0 Å². The molecule has 1 aliphatic rings. The first kappa shape index (κ1) is 21.2. The molecule has 0 aliphatic carbocycles. The van der Waals surface area contributed by atoms with Gasteiger partial charge in [-0.3, -0.25) is 10.1 Å². The van der Waals surface area contributed by atoms with Gasteiger partial charge in [-0.05, 0) is 18.6 Å². The van der Waals surface area contributed by atoms with Crippen LogP contribution in [-0.4, -0.2) is 44.7 Å². The molecular formula is C20H29NO6. The molecule has 0 amide bonds. The number of methoxy groups -OCH3 is 2. The van der Waals surface area contributed by atoms with Crippen LogP contribution in [0.5, 0.6) is 11.5 Å².